The highest BCUT2D eigenvalue weighted by Gasteiger charge is 2.03. The number of aromatic nitrogens is 2. The summed E-state index contributed by atoms with van der Waals surface area (Å²) >= 11 is 0. The number of anilines is 1. The van der Waals surface area contributed by atoms with Crippen molar-refractivity contribution in [1.82, 2.24) is 9.97 Å². The Morgan fingerprint density at radius 2 is 2.28 bits per heavy atom. The van der Waals surface area contributed by atoms with Gasteiger partial charge in [-0.05, 0) is 31.2 Å². The number of ether oxygens (including phenoxy) is 1. The standard InChI is InChI=1S/C13H13N3O2/c1-10-7-11(4-6-15-10)16-13(17)9-18-12-3-2-5-14-8-12/h2-8H,9H2,1H3,(H,15,16,17). The van der Waals surface area contributed by atoms with E-state index in [0.29, 0.717) is 11.4 Å². The molecule has 0 radical (unpaired) electrons. The van der Waals surface area contributed by atoms with Crippen molar-refractivity contribution in [1.29, 1.82) is 0 Å². The van der Waals surface area contributed by atoms with E-state index < -0.39 is 0 Å². The second-order valence-electron chi connectivity index (χ2n) is 3.71. The lowest BCUT2D eigenvalue weighted by Crippen LogP contribution is -2.20. The second kappa shape index (κ2) is 5.77. The van der Waals surface area contributed by atoms with Crippen molar-refractivity contribution in [2.75, 3.05) is 11.9 Å². The Kier molecular flexibility index (Phi) is 3.86. The van der Waals surface area contributed by atoms with Gasteiger partial charge >= 0.3 is 0 Å². The molecule has 0 aliphatic carbocycles. The molecule has 1 amide bonds. The first-order valence-corrected chi connectivity index (χ1v) is 5.49. The molecule has 18 heavy (non-hydrogen) atoms. The summed E-state index contributed by atoms with van der Waals surface area (Å²) in [7, 11) is 0. The predicted molar refractivity (Wildman–Crippen MR) is 67.3 cm³/mol. The summed E-state index contributed by atoms with van der Waals surface area (Å²) in [5.74, 6) is 0.350. The highest BCUT2D eigenvalue weighted by atomic mass is 16.5. The molecule has 0 fully saturated rings. The lowest BCUT2D eigenvalue weighted by molar-refractivity contribution is -0.118. The van der Waals surface area contributed by atoms with Gasteiger partial charge in [0.05, 0.1) is 6.20 Å². The summed E-state index contributed by atoms with van der Waals surface area (Å²) < 4.78 is 5.28. The van der Waals surface area contributed by atoms with Crippen molar-refractivity contribution in [2.24, 2.45) is 0 Å². The van der Waals surface area contributed by atoms with E-state index in [2.05, 4.69) is 15.3 Å². The number of pyridine rings is 2. The molecule has 0 bridgehead atoms. The van der Waals surface area contributed by atoms with Crippen LogP contribution in [0.2, 0.25) is 0 Å². The third kappa shape index (κ3) is 3.55. The minimum absolute atomic E-state index is 0.0485. The smallest absolute Gasteiger partial charge is 0.262 e. The average Bonchev–Trinajstić information content (AvgIpc) is 2.38. The number of hydrogen-bond acceptors (Lipinski definition) is 4. The Bertz CT molecular complexity index is 529. The molecule has 0 aliphatic rings. The Labute approximate surface area is 105 Å². The first kappa shape index (κ1) is 12.0. The van der Waals surface area contributed by atoms with Gasteiger partial charge in [-0.2, -0.15) is 0 Å². The zero-order chi connectivity index (χ0) is 12.8. The molecule has 0 aromatic carbocycles. The molecule has 0 unspecified atom stereocenters. The molecule has 0 saturated heterocycles. The van der Waals surface area contributed by atoms with Crippen LogP contribution in [0, 0.1) is 6.92 Å². The van der Waals surface area contributed by atoms with Gasteiger partial charge in [0.1, 0.15) is 5.75 Å². The molecule has 5 heteroatoms. The average molecular weight is 243 g/mol. The van der Waals surface area contributed by atoms with Crippen molar-refractivity contribution >= 4 is 11.6 Å². The molecule has 2 aromatic rings. The fourth-order valence-electron chi connectivity index (χ4n) is 1.40. The number of rotatable bonds is 4. The van der Waals surface area contributed by atoms with E-state index in [1.54, 1.807) is 42.9 Å². The maximum Gasteiger partial charge on any atom is 0.262 e. The number of carbonyl (C=O) groups is 1. The molecular formula is C13H13N3O2. The number of aryl methyl sites for hydroxylation is 1. The van der Waals surface area contributed by atoms with Gasteiger partial charge in [0, 0.05) is 23.8 Å². The fraction of sp³-hybridized carbons (Fsp3) is 0.154. The lowest BCUT2D eigenvalue weighted by Gasteiger charge is -2.07. The van der Waals surface area contributed by atoms with Gasteiger partial charge in [-0.25, -0.2) is 0 Å². The quantitative estimate of drug-likeness (QED) is 0.889. The van der Waals surface area contributed by atoms with E-state index in [0.717, 1.165) is 5.69 Å². The highest BCUT2D eigenvalue weighted by Crippen LogP contribution is 2.08. The number of amides is 1. The summed E-state index contributed by atoms with van der Waals surface area (Å²) in [5, 5.41) is 2.73. The van der Waals surface area contributed by atoms with Crippen LogP contribution < -0.4 is 10.1 Å². The van der Waals surface area contributed by atoms with E-state index in [9.17, 15) is 4.79 Å². The van der Waals surface area contributed by atoms with Gasteiger partial charge < -0.3 is 10.1 Å². The normalized spacial score (nSPS) is 9.83. The molecule has 5 nitrogen and oxygen atoms in total. The minimum atomic E-state index is -0.218. The second-order valence-corrected chi connectivity index (χ2v) is 3.71. The Hall–Kier alpha value is -2.43. The highest BCUT2D eigenvalue weighted by molar-refractivity contribution is 5.91. The molecule has 2 heterocycles. The Morgan fingerprint density at radius 1 is 1.39 bits per heavy atom. The van der Waals surface area contributed by atoms with E-state index in [-0.39, 0.29) is 12.5 Å². The van der Waals surface area contributed by atoms with Gasteiger partial charge in [0.2, 0.25) is 0 Å². The summed E-state index contributed by atoms with van der Waals surface area (Å²) in [6, 6.07) is 7.02. The van der Waals surface area contributed by atoms with Crippen LogP contribution in [-0.4, -0.2) is 22.5 Å². The van der Waals surface area contributed by atoms with Crippen LogP contribution in [0.4, 0.5) is 5.69 Å². The van der Waals surface area contributed by atoms with Gasteiger partial charge in [-0.15, -0.1) is 0 Å². The molecule has 2 rings (SSSR count). The van der Waals surface area contributed by atoms with E-state index >= 15 is 0 Å². The van der Waals surface area contributed by atoms with Gasteiger partial charge in [0.25, 0.3) is 5.91 Å². The lowest BCUT2D eigenvalue weighted by atomic mass is 10.3. The van der Waals surface area contributed by atoms with Crippen molar-refractivity contribution < 1.29 is 9.53 Å². The topological polar surface area (TPSA) is 64.1 Å². The number of carbonyl (C=O) groups excluding carboxylic acids is 1. The molecule has 92 valence electrons. The third-order valence-electron chi connectivity index (χ3n) is 2.18. The van der Waals surface area contributed by atoms with Crippen molar-refractivity contribution in [3.05, 3.63) is 48.5 Å². The maximum absolute atomic E-state index is 11.6. The Balaban J connectivity index is 1.86. The SMILES string of the molecule is Cc1cc(NC(=O)COc2cccnc2)ccn1. The summed E-state index contributed by atoms with van der Waals surface area (Å²) in [6.45, 7) is 1.81. The first-order valence-electron chi connectivity index (χ1n) is 5.49. The van der Waals surface area contributed by atoms with Crippen LogP contribution in [0.25, 0.3) is 0 Å². The third-order valence-corrected chi connectivity index (χ3v) is 2.18. The summed E-state index contributed by atoms with van der Waals surface area (Å²) in [5.41, 5.74) is 1.56. The fourth-order valence-corrected chi connectivity index (χ4v) is 1.40. The van der Waals surface area contributed by atoms with Crippen LogP contribution in [0.1, 0.15) is 5.69 Å². The van der Waals surface area contributed by atoms with E-state index in [1.165, 1.54) is 0 Å². The van der Waals surface area contributed by atoms with Gasteiger partial charge in [-0.1, -0.05) is 0 Å². The Morgan fingerprint density at radius 3 is 3.00 bits per heavy atom. The first-order chi connectivity index (χ1) is 8.74. The molecule has 0 saturated carbocycles. The molecule has 1 N–H and O–H groups in total. The van der Waals surface area contributed by atoms with Crippen molar-refractivity contribution in [3.63, 3.8) is 0 Å². The van der Waals surface area contributed by atoms with Crippen LogP contribution in [0.3, 0.4) is 0 Å². The molecule has 2 aromatic heterocycles. The number of nitrogens with one attached hydrogen (secondary N) is 1. The number of hydrogen-bond donors (Lipinski definition) is 1. The summed E-state index contributed by atoms with van der Waals surface area (Å²) in [4.78, 5) is 19.6. The molecule has 0 aliphatic heterocycles. The van der Waals surface area contributed by atoms with Crippen LogP contribution in [0.5, 0.6) is 5.75 Å². The maximum atomic E-state index is 11.6. The van der Waals surface area contributed by atoms with E-state index in [4.69, 9.17) is 4.74 Å². The zero-order valence-corrected chi connectivity index (χ0v) is 9.96. The van der Waals surface area contributed by atoms with Crippen LogP contribution in [-0.2, 0) is 4.79 Å². The monoisotopic (exact) mass is 243 g/mol. The molecule has 0 atom stereocenters. The minimum Gasteiger partial charge on any atom is -0.482 e. The van der Waals surface area contributed by atoms with Crippen LogP contribution in [0.15, 0.2) is 42.9 Å². The van der Waals surface area contributed by atoms with Crippen molar-refractivity contribution in [3.8, 4) is 5.75 Å². The van der Waals surface area contributed by atoms with Gasteiger partial charge in [0.15, 0.2) is 6.61 Å². The van der Waals surface area contributed by atoms with Crippen LogP contribution >= 0.6 is 0 Å². The zero-order valence-electron chi connectivity index (χ0n) is 9.96. The van der Waals surface area contributed by atoms with Crippen molar-refractivity contribution in [2.45, 2.75) is 6.92 Å². The number of nitrogens with zero attached hydrogens (tertiary/aromatic N) is 2. The predicted octanol–water partition coefficient (Wildman–Crippen LogP) is 1.80. The van der Waals surface area contributed by atoms with Gasteiger partial charge in [-0.3, -0.25) is 14.8 Å². The summed E-state index contributed by atoms with van der Waals surface area (Å²) in [6.07, 6.45) is 4.85. The molecule has 0 spiro atoms. The van der Waals surface area contributed by atoms with E-state index in [1.807, 2.05) is 6.92 Å². The largest absolute Gasteiger partial charge is 0.482 e. The molecular weight excluding hydrogens is 230 g/mol.